The Morgan fingerprint density at radius 3 is 0.731 bits per heavy atom. The van der Waals surface area contributed by atoms with E-state index in [4.69, 9.17) is 0 Å². The van der Waals surface area contributed by atoms with Gasteiger partial charge in [-0.1, -0.05) is 0 Å². The molecule has 0 bridgehead atoms. The molecule has 0 aromatic carbocycles. The summed E-state index contributed by atoms with van der Waals surface area (Å²) in [6.07, 6.45) is 28.1. The Morgan fingerprint density at radius 2 is 0.538 bits per heavy atom. The summed E-state index contributed by atoms with van der Waals surface area (Å²) in [5, 5.41) is 0. The second-order valence-electron chi connectivity index (χ2n) is 10.5. The van der Waals surface area contributed by atoms with Crippen molar-refractivity contribution in [2.75, 3.05) is 0 Å². The molecule has 26 heavy (non-hydrogen) atoms. The normalized spacial score (nSPS) is 30.7. The molecule has 4 fully saturated rings. The van der Waals surface area contributed by atoms with Crippen LogP contribution in [0.2, 0.25) is 0 Å². The van der Waals surface area contributed by atoms with Gasteiger partial charge in [-0.3, -0.25) is 0 Å². The third kappa shape index (κ3) is 3.22. The molecular formula is C24H45OP. The molecule has 152 valence electrons. The molecule has 0 aromatic rings. The fourth-order valence-electron chi connectivity index (χ4n) is 8.36. The van der Waals surface area contributed by atoms with E-state index in [1.807, 2.05) is 0 Å². The van der Waals surface area contributed by atoms with E-state index in [9.17, 15) is 4.89 Å². The van der Waals surface area contributed by atoms with E-state index in [0.717, 1.165) is 22.6 Å². The number of hydrogen-bond donors (Lipinski definition) is 1. The van der Waals surface area contributed by atoms with E-state index in [1.165, 1.54) is 128 Å². The minimum absolute atomic E-state index is 0.740. The Morgan fingerprint density at radius 1 is 0.346 bits per heavy atom. The minimum atomic E-state index is -2.71. The van der Waals surface area contributed by atoms with Crippen molar-refractivity contribution in [1.29, 1.82) is 0 Å². The molecule has 4 rings (SSSR count). The van der Waals surface area contributed by atoms with Crippen molar-refractivity contribution in [2.45, 2.75) is 151 Å². The van der Waals surface area contributed by atoms with Crippen LogP contribution in [0.3, 0.4) is 0 Å². The molecule has 0 aliphatic heterocycles. The van der Waals surface area contributed by atoms with Gasteiger partial charge in [0.25, 0.3) is 0 Å². The molecule has 0 aromatic heterocycles. The van der Waals surface area contributed by atoms with Crippen molar-refractivity contribution in [2.24, 2.45) is 0 Å². The molecular weight excluding hydrogens is 335 g/mol. The maximum atomic E-state index is 13.6. The zero-order valence-electron chi connectivity index (χ0n) is 17.3. The van der Waals surface area contributed by atoms with Gasteiger partial charge in [-0.05, 0) is 0 Å². The van der Waals surface area contributed by atoms with Crippen molar-refractivity contribution in [1.82, 2.24) is 0 Å². The molecule has 0 saturated heterocycles. The van der Waals surface area contributed by atoms with Crippen molar-refractivity contribution < 1.29 is 4.89 Å². The van der Waals surface area contributed by atoms with Crippen LogP contribution in [0.15, 0.2) is 0 Å². The predicted molar refractivity (Wildman–Crippen MR) is 117 cm³/mol. The Balaban J connectivity index is 1.79. The molecule has 0 heterocycles. The van der Waals surface area contributed by atoms with Crippen molar-refractivity contribution >= 4 is 6.83 Å². The van der Waals surface area contributed by atoms with Crippen LogP contribution < -0.4 is 0 Å². The Kier molecular flexibility index (Phi) is 6.37. The Hall–Kier alpha value is 0.390. The van der Waals surface area contributed by atoms with Crippen LogP contribution in [0, 0.1) is 0 Å². The fraction of sp³-hybridized carbons (Fsp3) is 1.00. The molecule has 0 amide bonds. The van der Waals surface area contributed by atoms with Crippen LogP contribution in [0.4, 0.5) is 0 Å². The first kappa shape index (κ1) is 19.7. The third-order valence-corrected chi connectivity index (χ3v) is 17.9. The quantitative estimate of drug-likeness (QED) is 0.494. The molecule has 4 aliphatic rings. The molecule has 4 saturated carbocycles. The summed E-state index contributed by atoms with van der Waals surface area (Å²) in [4.78, 5) is 13.6. The van der Waals surface area contributed by atoms with E-state index in [-0.39, 0.29) is 0 Å². The molecule has 1 nitrogen and oxygen atoms in total. The monoisotopic (exact) mass is 380 g/mol. The van der Waals surface area contributed by atoms with E-state index < -0.39 is 6.83 Å². The number of hydrogen-bond acceptors (Lipinski definition) is 1. The van der Waals surface area contributed by atoms with E-state index in [1.54, 1.807) is 0 Å². The van der Waals surface area contributed by atoms with Crippen LogP contribution in [-0.2, 0) is 0 Å². The van der Waals surface area contributed by atoms with Gasteiger partial charge in [0.1, 0.15) is 0 Å². The first-order valence-corrected chi connectivity index (χ1v) is 15.0. The zero-order chi connectivity index (χ0) is 17.9. The van der Waals surface area contributed by atoms with Crippen molar-refractivity contribution in [3.63, 3.8) is 0 Å². The van der Waals surface area contributed by atoms with Gasteiger partial charge in [0.15, 0.2) is 0 Å². The number of rotatable bonds is 4. The summed E-state index contributed by atoms with van der Waals surface area (Å²) in [6, 6.07) is 0. The molecule has 0 radical (unpaired) electrons. The topological polar surface area (TPSA) is 20.2 Å². The summed E-state index contributed by atoms with van der Waals surface area (Å²) in [6.45, 7) is -2.71. The van der Waals surface area contributed by atoms with Gasteiger partial charge in [-0.2, -0.15) is 0 Å². The predicted octanol–water partition coefficient (Wildman–Crippen LogP) is 7.78. The summed E-state index contributed by atoms with van der Waals surface area (Å²) in [5.74, 6) is 0. The first-order valence-electron chi connectivity index (χ1n) is 12.5. The molecule has 1 N–H and O–H groups in total. The van der Waals surface area contributed by atoms with E-state index in [0.29, 0.717) is 0 Å². The van der Waals surface area contributed by atoms with Gasteiger partial charge in [-0.15, -0.1) is 0 Å². The summed E-state index contributed by atoms with van der Waals surface area (Å²) in [7, 11) is 0. The van der Waals surface area contributed by atoms with Gasteiger partial charge in [0.05, 0.1) is 0 Å². The van der Waals surface area contributed by atoms with Crippen LogP contribution in [0.1, 0.15) is 128 Å². The molecule has 0 unspecified atom stereocenters. The Bertz CT molecular complexity index is 354. The second kappa shape index (κ2) is 8.41. The third-order valence-electron chi connectivity index (χ3n) is 9.48. The van der Waals surface area contributed by atoms with Crippen LogP contribution >= 0.6 is 6.83 Å². The molecule has 0 atom stereocenters. The zero-order valence-corrected chi connectivity index (χ0v) is 18.2. The second-order valence-corrected chi connectivity index (χ2v) is 16.2. The van der Waals surface area contributed by atoms with Crippen LogP contribution in [0.5, 0.6) is 0 Å². The standard InChI is InChI=1S/C24H45OP/c25-26(21-13-5-1-6-14-21,22-15-7-2-8-16-22,23-17-9-3-10-18-23)24-19-11-4-12-20-24/h21-25H,1-20H2. The summed E-state index contributed by atoms with van der Waals surface area (Å²) < 4.78 is 0. The van der Waals surface area contributed by atoms with E-state index >= 15 is 0 Å². The molecule has 4 aliphatic carbocycles. The van der Waals surface area contributed by atoms with Gasteiger partial charge in [0.2, 0.25) is 0 Å². The van der Waals surface area contributed by atoms with Gasteiger partial charge < -0.3 is 0 Å². The average molecular weight is 381 g/mol. The average Bonchev–Trinajstić information content (AvgIpc) is 2.76. The van der Waals surface area contributed by atoms with Crippen LogP contribution in [0.25, 0.3) is 0 Å². The van der Waals surface area contributed by atoms with Crippen molar-refractivity contribution in [3.8, 4) is 0 Å². The molecule has 0 spiro atoms. The van der Waals surface area contributed by atoms with Gasteiger partial charge in [-0.25, -0.2) is 0 Å². The maximum absolute atomic E-state index is 13.6. The SMILES string of the molecule is OP(C1CCCCC1)(C1CCCCC1)(C1CCCCC1)C1CCCCC1. The van der Waals surface area contributed by atoms with E-state index in [2.05, 4.69) is 0 Å². The van der Waals surface area contributed by atoms with Crippen molar-refractivity contribution in [3.05, 3.63) is 0 Å². The molecule has 2 heteroatoms. The first-order chi connectivity index (χ1) is 12.7. The van der Waals surface area contributed by atoms with Crippen LogP contribution in [-0.4, -0.2) is 27.5 Å². The summed E-state index contributed by atoms with van der Waals surface area (Å²) in [5.41, 5.74) is 2.96. The van der Waals surface area contributed by atoms with Gasteiger partial charge >= 0.3 is 163 Å². The van der Waals surface area contributed by atoms with Gasteiger partial charge in [0, 0.05) is 0 Å². The Labute approximate surface area is 163 Å². The summed E-state index contributed by atoms with van der Waals surface area (Å²) >= 11 is 0. The fourth-order valence-corrected chi connectivity index (χ4v) is 17.9.